The third-order valence-corrected chi connectivity index (χ3v) is 5.94. The standard InChI is InChI=1S/C18H24O3/c1-15(2,3)18-16(4)12-8-11-14(16)19-17(18,20-21-18)13-9-6-5-7-10-13/h5-7,9-10,14H,8,11-12H2,1-4H3/t14-,16-,17-,18-/m0/s1. The molecule has 4 atom stereocenters. The van der Waals surface area contributed by atoms with Crippen molar-refractivity contribution >= 4 is 0 Å². The maximum absolute atomic E-state index is 6.54. The van der Waals surface area contributed by atoms with Crippen LogP contribution in [-0.4, -0.2) is 11.7 Å². The number of hydrogen-bond donors (Lipinski definition) is 0. The fraction of sp³-hybridized carbons (Fsp3) is 0.667. The second-order valence-electron chi connectivity index (χ2n) is 8.00. The fourth-order valence-electron chi connectivity index (χ4n) is 5.15. The van der Waals surface area contributed by atoms with Gasteiger partial charge in [0.25, 0.3) is 5.79 Å². The molecular weight excluding hydrogens is 264 g/mol. The monoisotopic (exact) mass is 288 g/mol. The molecule has 1 saturated carbocycles. The molecular formula is C18H24O3. The molecule has 2 saturated heterocycles. The van der Waals surface area contributed by atoms with E-state index in [4.69, 9.17) is 14.5 Å². The normalized spacial score (nSPS) is 45.0. The van der Waals surface area contributed by atoms with E-state index in [0.717, 1.165) is 18.4 Å². The van der Waals surface area contributed by atoms with Gasteiger partial charge in [0, 0.05) is 16.4 Å². The summed E-state index contributed by atoms with van der Waals surface area (Å²) in [4.78, 5) is 11.7. The molecule has 1 aromatic rings. The Morgan fingerprint density at radius 2 is 1.81 bits per heavy atom. The second kappa shape index (κ2) is 3.89. The summed E-state index contributed by atoms with van der Waals surface area (Å²) in [7, 11) is 0. The molecule has 1 aliphatic carbocycles. The molecule has 2 aliphatic heterocycles. The molecule has 0 bridgehead atoms. The van der Waals surface area contributed by atoms with Crippen molar-refractivity contribution < 1.29 is 14.5 Å². The summed E-state index contributed by atoms with van der Waals surface area (Å²) in [6, 6.07) is 10.3. The van der Waals surface area contributed by atoms with E-state index in [9.17, 15) is 0 Å². The van der Waals surface area contributed by atoms with E-state index in [2.05, 4.69) is 39.8 Å². The highest BCUT2D eigenvalue weighted by Gasteiger charge is 2.85. The van der Waals surface area contributed by atoms with E-state index in [1.165, 1.54) is 6.42 Å². The summed E-state index contributed by atoms with van der Waals surface area (Å²) < 4.78 is 6.54. The first-order chi connectivity index (χ1) is 9.87. The number of rotatable bonds is 1. The van der Waals surface area contributed by atoms with Crippen LogP contribution in [0.3, 0.4) is 0 Å². The summed E-state index contributed by atoms with van der Waals surface area (Å²) in [5.41, 5.74) is 0.561. The molecule has 2 heterocycles. The summed E-state index contributed by atoms with van der Waals surface area (Å²) >= 11 is 0. The van der Waals surface area contributed by atoms with Gasteiger partial charge in [0.15, 0.2) is 5.60 Å². The van der Waals surface area contributed by atoms with Crippen molar-refractivity contribution in [2.24, 2.45) is 10.8 Å². The average molecular weight is 288 g/mol. The van der Waals surface area contributed by atoms with Crippen LogP contribution in [0.5, 0.6) is 0 Å². The van der Waals surface area contributed by atoms with Crippen LogP contribution in [0, 0.1) is 10.8 Å². The minimum absolute atomic E-state index is 0.000653. The van der Waals surface area contributed by atoms with Crippen LogP contribution >= 0.6 is 0 Å². The first kappa shape index (κ1) is 13.7. The molecule has 4 rings (SSSR count). The summed E-state index contributed by atoms with van der Waals surface area (Å²) in [5.74, 6) is -0.758. The Bertz CT molecular complexity index is 564. The molecule has 0 radical (unpaired) electrons. The number of ether oxygens (including phenoxy) is 1. The molecule has 3 aliphatic rings. The van der Waals surface area contributed by atoms with Gasteiger partial charge in [0.1, 0.15) is 0 Å². The third kappa shape index (κ3) is 1.32. The van der Waals surface area contributed by atoms with E-state index < -0.39 is 11.4 Å². The number of fused-ring (bicyclic) bond motifs is 3. The zero-order valence-electron chi connectivity index (χ0n) is 13.3. The Morgan fingerprint density at radius 1 is 1.10 bits per heavy atom. The van der Waals surface area contributed by atoms with Gasteiger partial charge in [-0.05, 0) is 12.8 Å². The van der Waals surface area contributed by atoms with Crippen LogP contribution in [0.1, 0.15) is 52.5 Å². The molecule has 0 aromatic heterocycles. The van der Waals surface area contributed by atoms with E-state index in [1.54, 1.807) is 0 Å². The lowest BCUT2D eigenvalue weighted by Gasteiger charge is -2.61. The highest BCUT2D eigenvalue weighted by molar-refractivity contribution is 5.34. The fourth-order valence-corrected chi connectivity index (χ4v) is 5.15. The highest BCUT2D eigenvalue weighted by Crippen LogP contribution is 2.74. The smallest absolute Gasteiger partial charge is 0.261 e. The second-order valence-corrected chi connectivity index (χ2v) is 8.00. The van der Waals surface area contributed by atoms with Gasteiger partial charge >= 0.3 is 0 Å². The molecule has 0 unspecified atom stereocenters. The van der Waals surface area contributed by atoms with Gasteiger partial charge in [-0.15, -0.1) is 0 Å². The van der Waals surface area contributed by atoms with E-state index in [-0.39, 0.29) is 16.9 Å². The van der Waals surface area contributed by atoms with Crippen LogP contribution in [0.15, 0.2) is 30.3 Å². The Balaban J connectivity index is 1.93. The van der Waals surface area contributed by atoms with E-state index in [0.29, 0.717) is 0 Å². The first-order valence-corrected chi connectivity index (χ1v) is 7.98. The lowest BCUT2D eigenvalue weighted by molar-refractivity contribution is -0.628. The van der Waals surface area contributed by atoms with Crippen LogP contribution in [0.25, 0.3) is 0 Å². The SMILES string of the molecule is CC(C)(C)[C@@]12OO[C@]1(c1ccccc1)O[C@H]1CCC[C@@]12C. The van der Waals surface area contributed by atoms with Crippen LogP contribution in [-0.2, 0) is 20.3 Å². The third-order valence-electron chi connectivity index (χ3n) is 5.94. The molecule has 0 amide bonds. The van der Waals surface area contributed by atoms with Gasteiger partial charge in [0.2, 0.25) is 0 Å². The number of benzene rings is 1. The maximum atomic E-state index is 6.54. The van der Waals surface area contributed by atoms with Crippen LogP contribution < -0.4 is 0 Å². The van der Waals surface area contributed by atoms with Crippen molar-refractivity contribution in [1.29, 1.82) is 0 Å². The minimum atomic E-state index is -0.758. The first-order valence-electron chi connectivity index (χ1n) is 7.98. The summed E-state index contributed by atoms with van der Waals surface area (Å²) in [6.45, 7) is 9.04. The van der Waals surface area contributed by atoms with Gasteiger partial charge in [-0.3, -0.25) is 0 Å². The largest absolute Gasteiger partial charge is 0.337 e. The average Bonchev–Trinajstić information content (AvgIpc) is 2.81. The van der Waals surface area contributed by atoms with Crippen LogP contribution in [0.4, 0.5) is 0 Å². The van der Waals surface area contributed by atoms with Crippen molar-refractivity contribution in [2.45, 2.75) is 64.4 Å². The lowest BCUT2D eigenvalue weighted by Crippen LogP contribution is -2.73. The molecule has 21 heavy (non-hydrogen) atoms. The zero-order chi connectivity index (χ0) is 14.9. The Morgan fingerprint density at radius 3 is 2.38 bits per heavy atom. The van der Waals surface area contributed by atoms with Gasteiger partial charge in [-0.25, -0.2) is 4.89 Å². The Kier molecular flexibility index (Phi) is 2.55. The van der Waals surface area contributed by atoms with Crippen molar-refractivity contribution in [3.63, 3.8) is 0 Å². The number of hydrogen-bond acceptors (Lipinski definition) is 3. The van der Waals surface area contributed by atoms with Crippen molar-refractivity contribution in [2.75, 3.05) is 0 Å². The van der Waals surface area contributed by atoms with Gasteiger partial charge in [0.05, 0.1) is 6.10 Å². The molecule has 0 spiro atoms. The summed E-state index contributed by atoms with van der Waals surface area (Å²) in [5, 5.41) is 0. The van der Waals surface area contributed by atoms with Gasteiger partial charge in [-0.1, -0.05) is 64.4 Å². The van der Waals surface area contributed by atoms with Crippen LogP contribution in [0.2, 0.25) is 0 Å². The molecule has 3 heteroatoms. The maximum Gasteiger partial charge on any atom is 0.261 e. The van der Waals surface area contributed by atoms with Crippen molar-refractivity contribution in [1.82, 2.24) is 0 Å². The molecule has 1 aromatic carbocycles. The minimum Gasteiger partial charge on any atom is -0.337 e. The Labute approximate surface area is 126 Å². The lowest BCUT2D eigenvalue weighted by atomic mass is 9.55. The topological polar surface area (TPSA) is 27.7 Å². The van der Waals surface area contributed by atoms with E-state index in [1.807, 2.05) is 18.2 Å². The molecule has 0 N–H and O–H groups in total. The van der Waals surface area contributed by atoms with Crippen molar-refractivity contribution in [3.8, 4) is 0 Å². The predicted molar refractivity (Wildman–Crippen MR) is 79.3 cm³/mol. The quantitative estimate of drug-likeness (QED) is 0.726. The zero-order valence-corrected chi connectivity index (χ0v) is 13.3. The Hall–Kier alpha value is -0.900. The summed E-state index contributed by atoms with van der Waals surface area (Å²) in [6.07, 6.45) is 3.63. The van der Waals surface area contributed by atoms with Gasteiger partial charge < -0.3 is 4.74 Å². The van der Waals surface area contributed by atoms with E-state index >= 15 is 0 Å². The molecule has 114 valence electrons. The molecule has 3 nitrogen and oxygen atoms in total. The van der Waals surface area contributed by atoms with Crippen molar-refractivity contribution in [3.05, 3.63) is 35.9 Å². The highest BCUT2D eigenvalue weighted by atomic mass is 17.3. The molecule has 3 fully saturated rings. The van der Waals surface area contributed by atoms with Gasteiger partial charge in [-0.2, -0.15) is 4.89 Å². The predicted octanol–water partition coefficient (Wildman–Crippen LogP) is 4.18.